The molecular weight excluding hydrogens is 661 g/mol. The van der Waals surface area contributed by atoms with Crippen LogP contribution in [0.1, 0.15) is 65.0 Å². The van der Waals surface area contributed by atoms with E-state index in [-0.39, 0.29) is 35.4 Å². The number of benzene rings is 1. The van der Waals surface area contributed by atoms with Crippen LogP contribution in [0.15, 0.2) is 42.5 Å². The van der Waals surface area contributed by atoms with E-state index in [1.807, 2.05) is 51.2 Å². The number of H-pyrrole nitrogens is 1. The number of alkyl halides is 3. The van der Waals surface area contributed by atoms with Gasteiger partial charge in [-0.2, -0.15) is 13.2 Å². The highest BCUT2D eigenvalue weighted by Crippen LogP contribution is 2.42. The number of piperidine rings is 1. The molecule has 0 spiro atoms. The van der Waals surface area contributed by atoms with Crippen LogP contribution in [0, 0.1) is 11.3 Å². The predicted molar refractivity (Wildman–Crippen MR) is 191 cm³/mol. The summed E-state index contributed by atoms with van der Waals surface area (Å²) in [7, 11) is 2.00. The molecule has 2 aliphatic rings. The van der Waals surface area contributed by atoms with E-state index in [2.05, 4.69) is 19.8 Å². The number of fused-ring (bicyclic) bond motifs is 1. The Morgan fingerprint density at radius 3 is 2.33 bits per heavy atom. The molecule has 1 aliphatic heterocycles. The molecule has 10 nitrogen and oxygen atoms in total. The molecule has 0 atom stereocenters. The lowest BCUT2D eigenvalue weighted by Gasteiger charge is -2.34. The number of rotatable bonds is 13. The molecule has 0 radical (unpaired) electrons. The second kappa shape index (κ2) is 15.5. The topological polar surface area (TPSA) is 106 Å². The number of hydrogen-bond acceptors (Lipinski definition) is 9. The van der Waals surface area contributed by atoms with Crippen molar-refractivity contribution in [3.63, 3.8) is 0 Å². The highest BCUT2D eigenvalue weighted by molar-refractivity contribution is 5.91. The SMILES string of the molecule is CCOCC1(CN(C)c2cc(-c3cc(OCC)nc(C(F)(F)F)c3)nc3nc(-c4ccc(N5CCC(C(=O)OCC)CC5)cc4)[nH]c23)CCCC1. The van der Waals surface area contributed by atoms with Gasteiger partial charge in [-0.3, -0.25) is 4.79 Å². The summed E-state index contributed by atoms with van der Waals surface area (Å²) in [4.78, 5) is 33.5. The molecule has 1 N–H and O–H groups in total. The summed E-state index contributed by atoms with van der Waals surface area (Å²) in [6, 6.07) is 12.4. The number of esters is 1. The number of carbonyl (C=O) groups is 1. The van der Waals surface area contributed by atoms with Gasteiger partial charge in [0.2, 0.25) is 5.88 Å². The quantitative estimate of drug-likeness (QED) is 0.139. The Hall–Kier alpha value is -4.39. The Bertz CT molecular complexity index is 1800. The zero-order valence-corrected chi connectivity index (χ0v) is 29.8. The van der Waals surface area contributed by atoms with Crippen molar-refractivity contribution in [1.82, 2.24) is 19.9 Å². The fraction of sp³-hybridized carbons (Fsp3) is 0.526. The maximum atomic E-state index is 14.0. The first-order valence-electron chi connectivity index (χ1n) is 18.0. The van der Waals surface area contributed by atoms with E-state index in [1.165, 1.54) is 6.07 Å². The number of ether oxygens (including phenoxy) is 3. The summed E-state index contributed by atoms with van der Waals surface area (Å²) in [5, 5.41) is 0. The fourth-order valence-corrected chi connectivity index (χ4v) is 7.42. The number of carbonyl (C=O) groups excluding carboxylic acids is 1. The van der Waals surface area contributed by atoms with Crippen LogP contribution < -0.4 is 14.5 Å². The number of pyridine rings is 2. The Balaban J connectivity index is 1.35. The van der Waals surface area contributed by atoms with E-state index in [0.29, 0.717) is 49.0 Å². The molecule has 6 rings (SSSR count). The number of hydrogen-bond donors (Lipinski definition) is 1. The number of aromatic amines is 1. The first-order valence-corrected chi connectivity index (χ1v) is 18.0. The average Bonchev–Trinajstić information content (AvgIpc) is 3.78. The third kappa shape index (κ3) is 8.24. The molecule has 3 aromatic heterocycles. The van der Waals surface area contributed by atoms with Gasteiger partial charge >= 0.3 is 12.1 Å². The van der Waals surface area contributed by atoms with Crippen LogP contribution in [0.3, 0.4) is 0 Å². The van der Waals surface area contributed by atoms with Gasteiger partial charge in [-0.25, -0.2) is 15.0 Å². The minimum Gasteiger partial charge on any atom is -0.478 e. The normalized spacial score (nSPS) is 16.5. The second-order valence-corrected chi connectivity index (χ2v) is 13.6. The van der Waals surface area contributed by atoms with Crippen LogP contribution in [0.5, 0.6) is 5.88 Å². The lowest BCUT2D eigenvalue weighted by molar-refractivity contribution is -0.148. The van der Waals surface area contributed by atoms with Crippen molar-refractivity contribution in [3.8, 4) is 28.5 Å². The van der Waals surface area contributed by atoms with Crippen LogP contribution >= 0.6 is 0 Å². The molecule has 0 amide bonds. The molecule has 51 heavy (non-hydrogen) atoms. The monoisotopic (exact) mass is 708 g/mol. The first-order chi connectivity index (χ1) is 24.5. The van der Waals surface area contributed by atoms with Gasteiger partial charge in [0.1, 0.15) is 17.0 Å². The van der Waals surface area contributed by atoms with E-state index < -0.39 is 11.9 Å². The van der Waals surface area contributed by atoms with Gasteiger partial charge < -0.3 is 29.0 Å². The molecule has 274 valence electrons. The van der Waals surface area contributed by atoms with E-state index in [9.17, 15) is 18.0 Å². The van der Waals surface area contributed by atoms with E-state index in [4.69, 9.17) is 24.2 Å². The highest BCUT2D eigenvalue weighted by Gasteiger charge is 2.37. The number of nitrogens with zero attached hydrogens (tertiary/aromatic N) is 5. The number of imidazole rings is 1. The van der Waals surface area contributed by atoms with Crippen LogP contribution in [-0.2, 0) is 20.4 Å². The number of anilines is 2. The van der Waals surface area contributed by atoms with Crippen LogP contribution in [0.25, 0.3) is 33.8 Å². The Morgan fingerprint density at radius 2 is 1.69 bits per heavy atom. The lowest BCUT2D eigenvalue weighted by Crippen LogP contribution is -2.37. The van der Waals surface area contributed by atoms with Gasteiger partial charge in [0.15, 0.2) is 5.65 Å². The molecule has 4 heterocycles. The highest BCUT2D eigenvalue weighted by atomic mass is 19.4. The standard InChI is InChI=1S/C38H47F3N6O4/c1-5-49-24-37(16-8-9-17-37)23-46(4)30-22-29(27-20-31(38(39,40)41)43-32(21-27)50-6-2)42-35-33(30)44-34(45-35)25-10-12-28(13-11-25)47-18-14-26(15-19-47)36(48)51-7-3/h10-13,20-22,26H,5-9,14-19,23-24H2,1-4H3,(H,42,44,45). The fourth-order valence-electron chi connectivity index (χ4n) is 7.42. The molecule has 1 saturated heterocycles. The zero-order valence-electron chi connectivity index (χ0n) is 29.8. The van der Waals surface area contributed by atoms with Crippen LogP contribution in [0.2, 0.25) is 0 Å². The maximum absolute atomic E-state index is 14.0. The molecule has 1 aromatic carbocycles. The van der Waals surface area contributed by atoms with Crippen molar-refractivity contribution in [1.29, 1.82) is 0 Å². The van der Waals surface area contributed by atoms with Crippen LogP contribution in [0.4, 0.5) is 24.5 Å². The Labute approximate surface area is 296 Å². The largest absolute Gasteiger partial charge is 0.478 e. The smallest absolute Gasteiger partial charge is 0.433 e. The molecule has 1 aliphatic carbocycles. The van der Waals surface area contributed by atoms with Gasteiger partial charge in [0.25, 0.3) is 0 Å². The van der Waals surface area contributed by atoms with Gasteiger partial charge in [-0.1, -0.05) is 12.8 Å². The lowest BCUT2D eigenvalue weighted by atomic mass is 9.86. The summed E-state index contributed by atoms with van der Waals surface area (Å²) in [6.45, 7) is 9.59. The van der Waals surface area contributed by atoms with Crippen molar-refractivity contribution in [2.45, 2.75) is 65.5 Å². The summed E-state index contributed by atoms with van der Waals surface area (Å²) in [5.41, 5.74) is 3.26. The average molecular weight is 709 g/mol. The van der Waals surface area contributed by atoms with Crippen molar-refractivity contribution in [2.24, 2.45) is 11.3 Å². The molecule has 2 fully saturated rings. The van der Waals surface area contributed by atoms with E-state index in [0.717, 1.165) is 74.6 Å². The van der Waals surface area contributed by atoms with E-state index >= 15 is 0 Å². The van der Waals surface area contributed by atoms with Gasteiger partial charge in [-0.05, 0) is 82.9 Å². The zero-order chi connectivity index (χ0) is 36.2. The van der Waals surface area contributed by atoms with Crippen LogP contribution in [-0.4, -0.2) is 79.0 Å². The summed E-state index contributed by atoms with van der Waals surface area (Å²) in [5.74, 6) is 0.295. The van der Waals surface area contributed by atoms with Gasteiger partial charge in [0.05, 0.1) is 37.1 Å². The molecular formula is C38H47F3N6O4. The minimum absolute atomic E-state index is 0.0355. The minimum atomic E-state index is -4.66. The third-order valence-electron chi connectivity index (χ3n) is 10.0. The van der Waals surface area contributed by atoms with Crippen molar-refractivity contribution in [3.05, 3.63) is 48.2 Å². The predicted octanol–water partition coefficient (Wildman–Crippen LogP) is 7.92. The summed E-state index contributed by atoms with van der Waals surface area (Å²) >= 11 is 0. The Morgan fingerprint density at radius 1 is 0.961 bits per heavy atom. The first kappa shape index (κ1) is 36.4. The van der Waals surface area contributed by atoms with Gasteiger partial charge in [0, 0.05) is 61.6 Å². The summed E-state index contributed by atoms with van der Waals surface area (Å²) in [6.07, 6.45) is 1.16. The maximum Gasteiger partial charge on any atom is 0.433 e. The molecule has 13 heteroatoms. The van der Waals surface area contributed by atoms with Crippen molar-refractivity contribution in [2.75, 3.05) is 62.9 Å². The molecule has 0 bridgehead atoms. The molecule has 1 saturated carbocycles. The third-order valence-corrected chi connectivity index (χ3v) is 10.0. The molecule has 0 unspecified atom stereocenters. The van der Waals surface area contributed by atoms with Gasteiger partial charge in [-0.15, -0.1) is 0 Å². The molecule has 4 aromatic rings. The van der Waals surface area contributed by atoms with Crippen molar-refractivity contribution < 1.29 is 32.2 Å². The van der Waals surface area contributed by atoms with Crippen molar-refractivity contribution >= 4 is 28.5 Å². The van der Waals surface area contributed by atoms with E-state index in [1.54, 1.807) is 6.92 Å². The number of aromatic nitrogens is 4. The Kier molecular flexibility index (Phi) is 11.0. The number of halogens is 3. The summed E-state index contributed by atoms with van der Waals surface area (Å²) < 4.78 is 58.5. The number of nitrogens with one attached hydrogen (secondary N) is 1. The second-order valence-electron chi connectivity index (χ2n) is 13.6.